The molecule has 1 aromatic carbocycles. The fraction of sp³-hybridized carbons (Fsp3) is 0.542. The van der Waals surface area contributed by atoms with Crippen LogP contribution in [0.3, 0.4) is 0 Å². The maximum absolute atomic E-state index is 12.8. The maximum atomic E-state index is 12.8. The van der Waals surface area contributed by atoms with Crippen molar-refractivity contribution in [2.75, 3.05) is 37.7 Å². The largest absolute Gasteiger partial charge is 0.376 e. The number of hydrogen-bond acceptors (Lipinski definition) is 3. The van der Waals surface area contributed by atoms with Gasteiger partial charge in [-0.3, -0.25) is 0 Å². The number of carbonyl (C=O) groups excluding carboxylic acids is 1. The number of nitrogens with zero attached hydrogens (tertiary/aromatic N) is 3. The second-order valence-electron chi connectivity index (χ2n) is 8.84. The number of ether oxygens (including phenoxy) is 1. The summed E-state index contributed by atoms with van der Waals surface area (Å²) in [5.74, 6) is 0. The molecular weight excluding hydrogens is 376 g/mol. The van der Waals surface area contributed by atoms with Gasteiger partial charge in [0.05, 0.1) is 23.0 Å². The number of anilines is 1. The summed E-state index contributed by atoms with van der Waals surface area (Å²) in [6.45, 7) is 8.32. The van der Waals surface area contributed by atoms with Crippen molar-refractivity contribution in [1.29, 1.82) is 0 Å². The van der Waals surface area contributed by atoms with E-state index in [2.05, 4.69) is 65.2 Å². The number of aromatic nitrogens is 1. The molecule has 1 aromatic heterocycles. The number of carbonyl (C=O) groups is 1. The lowest BCUT2D eigenvalue weighted by Gasteiger charge is -2.53. The average molecular weight is 409 g/mol. The molecule has 3 aliphatic heterocycles. The minimum atomic E-state index is -0.0651. The lowest BCUT2D eigenvalue weighted by atomic mass is 9.80. The van der Waals surface area contributed by atoms with Gasteiger partial charge in [-0.25, -0.2) is 4.79 Å². The first-order valence-corrected chi connectivity index (χ1v) is 11.3. The van der Waals surface area contributed by atoms with E-state index in [4.69, 9.17) is 4.74 Å². The van der Waals surface area contributed by atoms with Gasteiger partial charge in [0.15, 0.2) is 0 Å². The molecule has 2 aromatic rings. The van der Waals surface area contributed by atoms with E-state index in [9.17, 15) is 4.79 Å². The number of benzene rings is 1. The molecule has 30 heavy (non-hydrogen) atoms. The molecule has 1 N–H and O–H groups in total. The molecule has 0 saturated carbocycles. The van der Waals surface area contributed by atoms with Gasteiger partial charge in [-0.15, -0.1) is 0 Å². The minimum absolute atomic E-state index is 0.0471. The molecule has 6 nitrogen and oxygen atoms in total. The number of hydrogen-bond donors (Lipinski definition) is 1. The Kier molecular flexibility index (Phi) is 4.97. The zero-order valence-corrected chi connectivity index (χ0v) is 18.1. The Bertz CT molecular complexity index is 923. The summed E-state index contributed by atoms with van der Waals surface area (Å²) >= 11 is 0. The van der Waals surface area contributed by atoms with Crippen LogP contribution in [-0.2, 0) is 10.3 Å². The van der Waals surface area contributed by atoms with E-state index in [1.807, 2.05) is 4.90 Å². The van der Waals surface area contributed by atoms with Crippen LogP contribution < -0.4 is 10.2 Å². The Hall–Kier alpha value is -2.47. The molecule has 1 atom stereocenters. The lowest BCUT2D eigenvalue weighted by Crippen LogP contribution is -2.58. The smallest absolute Gasteiger partial charge is 0.317 e. The maximum Gasteiger partial charge on any atom is 0.317 e. The number of rotatable bonds is 3. The van der Waals surface area contributed by atoms with Crippen LogP contribution in [0.2, 0.25) is 0 Å². The zero-order valence-electron chi connectivity index (χ0n) is 18.1. The Balaban J connectivity index is 1.37. The van der Waals surface area contributed by atoms with E-state index >= 15 is 0 Å². The van der Waals surface area contributed by atoms with Crippen molar-refractivity contribution in [3.8, 4) is 5.69 Å². The molecule has 0 radical (unpaired) electrons. The van der Waals surface area contributed by atoms with Crippen LogP contribution in [-0.4, -0.2) is 54.4 Å². The summed E-state index contributed by atoms with van der Waals surface area (Å²) in [4.78, 5) is 17.3. The molecule has 6 heteroatoms. The Labute approximate surface area is 178 Å². The number of aryl methyl sites for hydroxylation is 1. The highest BCUT2D eigenvalue weighted by molar-refractivity contribution is 5.75. The monoisotopic (exact) mass is 408 g/mol. The number of amides is 2. The molecule has 0 aliphatic carbocycles. The fourth-order valence-electron chi connectivity index (χ4n) is 5.59. The third kappa shape index (κ3) is 3.09. The van der Waals surface area contributed by atoms with Crippen molar-refractivity contribution < 1.29 is 9.53 Å². The van der Waals surface area contributed by atoms with Crippen LogP contribution in [0.5, 0.6) is 0 Å². The van der Waals surface area contributed by atoms with E-state index in [-0.39, 0.29) is 17.7 Å². The van der Waals surface area contributed by atoms with Gasteiger partial charge in [-0.2, -0.15) is 0 Å². The van der Waals surface area contributed by atoms with Crippen LogP contribution in [0.4, 0.5) is 10.5 Å². The normalized spacial score (nSPS) is 22.1. The third-order valence-electron chi connectivity index (χ3n) is 7.12. The average Bonchev–Trinajstić information content (AvgIpc) is 3.45. The summed E-state index contributed by atoms with van der Waals surface area (Å²) in [6.07, 6.45) is 6.38. The molecule has 5 rings (SSSR count). The first kappa shape index (κ1) is 19.5. The topological polar surface area (TPSA) is 49.7 Å². The molecule has 2 amide bonds. The van der Waals surface area contributed by atoms with Crippen molar-refractivity contribution in [2.24, 2.45) is 0 Å². The first-order chi connectivity index (χ1) is 14.6. The molecule has 1 spiro atoms. The van der Waals surface area contributed by atoms with Gasteiger partial charge in [0.25, 0.3) is 0 Å². The highest BCUT2D eigenvalue weighted by Crippen LogP contribution is 2.48. The van der Waals surface area contributed by atoms with Gasteiger partial charge in [-0.05, 0) is 69.4 Å². The summed E-state index contributed by atoms with van der Waals surface area (Å²) in [5.41, 5.74) is 5.12. The van der Waals surface area contributed by atoms with Gasteiger partial charge in [-0.1, -0.05) is 6.07 Å². The fourth-order valence-corrected chi connectivity index (χ4v) is 5.59. The third-order valence-corrected chi connectivity index (χ3v) is 7.12. The molecule has 3 aliphatic rings. The van der Waals surface area contributed by atoms with Gasteiger partial charge >= 0.3 is 6.03 Å². The number of urea groups is 1. The van der Waals surface area contributed by atoms with Crippen LogP contribution >= 0.6 is 0 Å². The quantitative estimate of drug-likeness (QED) is 0.840. The highest BCUT2D eigenvalue weighted by atomic mass is 16.5. The Morgan fingerprint density at radius 1 is 1.23 bits per heavy atom. The number of fused-ring (bicyclic) bond motifs is 4. The molecule has 0 bridgehead atoms. The summed E-state index contributed by atoms with van der Waals surface area (Å²) in [6, 6.07) is 11.2. The molecule has 160 valence electrons. The summed E-state index contributed by atoms with van der Waals surface area (Å²) in [7, 11) is 0. The molecule has 2 saturated heterocycles. The van der Waals surface area contributed by atoms with Crippen LogP contribution in [0.25, 0.3) is 5.69 Å². The number of likely N-dealkylation sites (tertiary alicyclic amines) is 1. The van der Waals surface area contributed by atoms with Crippen molar-refractivity contribution in [2.45, 2.75) is 51.2 Å². The van der Waals surface area contributed by atoms with Crippen molar-refractivity contribution in [1.82, 2.24) is 14.8 Å². The SMILES string of the molecule is CCN1c2cc(C)ccc2-n2cccc2C12CCN(C(=O)NC[C@H]1CCCO1)CC2. The first-order valence-electron chi connectivity index (χ1n) is 11.3. The summed E-state index contributed by atoms with van der Waals surface area (Å²) in [5, 5.41) is 3.09. The predicted octanol–water partition coefficient (Wildman–Crippen LogP) is 3.81. The van der Waals surface area contributed by atoms with E-state index in [0.717, 1.165) is 51.9 Å². The Morgan fingerprint density at radius 2 is 2.07 bits per heavy atom. The number of nitrogens with one attached hydrogen (secondary N) is 1. The molecule has 4 heterocycles. The second-order valence-corrected chi connectivity index (χ2v) is 8.84. The van der Waals surface area contributed by atoms with E-state index in [0.29, 0.717) is 6.54 Å². The lowest BCUT2D eigenvalue weighted by molar-refractivity contribution is 0.105. The Morgan fingerprint density at radius 3 is 2.80 bits per heavy atom. The van der Waals surface area contributed by atoms with Gasteiger partial charge in [0, 0.05) is 44.7 Å². The van der Waals surface area contributed by atoms with Gasteiger partial charge in [0.2, 0.25) is 0 Å². The van der Waals surface area contributed by atoms with Crippen molar-refractivity contribution in [3.63, 3.8) is 0 Å². The van der Waals surface area contributed by atoms with Gasteiger partial charge in [0.1, 0.15) is 0 Å². The van der Waals surface area contributed by atoms with Crippen LogP contribution in [0, 0.1) is 6.92 Å². The zero-order chi connectivity index (χ0) is 20.7. The van der Waals surface area contributed by atoms with Crippen LogP contribution in [0.15, 0.2) is 36.5 Å². The molecular formula is C24H32N4O2. The van der Waals surface area contributed by atoms with Crippen molar-refractivity contribution >= 4 is 11.7 Å². The highest BCUT2D eigenvalue weighted by Gasteiger charge is 2.46. The minimum Gasteiger partial charge on any atom is -0.376 e. The van der Waals surface area contributed by atoms with Crippen molar-refractivity contribution in [3.05, 3.63) is 47.8 Å². The summed E-state index contributed by atoms with van der Waals surface area (Å²) < 4.78 is 8.00. The van der Waals surface area contributed by atoms with E-state index in [1.165, 1.54) is 22.6 Å². The molecule has 0 unspecified atom stereocenters. The standard InChI is InChI=1S/C24H32N4O2/c1-3-28-21-16-18(2)8-9-20(21)27-12-4-7-22(27)24(28)10-13-26(14-11-24)23(29)25-17-19-6-5-15-30-19/h4,7-9,12,16,19H,3,5-6,10-11,13-15,17H2,1-2H3,(H,25,29)/t19-/m1/s1. The number of piperidine rings is 1. The van der Waals surface area contributed by atoms with Gasteiger partial charge < -0.3 is 24.4 Å². The van der Waals surface area contributed by atoms with E-state index < -0.39 is 0 Å². The van der Waals surface area contributed by atoms with E-state index in [1.54, 1.807) is 0 Å². The molecule has 2 fully saturated rings. The van der Waals surface area contributed by atoms with Crippen LogP contribution in [0.1, 0.15) is 43.9 Å². The predicted molar refractivity (Wildman–Crippen MR) is 118 cm³/mol. The second kappa shape index (κ2) is 7.65.